The molecule has 0 unspecified atom stereocenters. The molecule has 0 radical (unpaired) electrons. The van der Waals surface area contributed by atoms with Crippen molar-refractivity contribution in [3.8, 4) is 0 Å². The van der Waals surface area contributed by atoms with E-state index in [0.717, 1.165) is 0 Å². The molecule has 0 saturated carbocycles. The molecule has 0 aromatic rings. The monoisotopic (exact) mass is 124 g/mol. The molecule has 42 valence electrons. The topological polar surface area (TPSA) is 26.3 Å². The fourth-order valence-corrected chi connectivity index (χ4v) is 0.176. The standard InChI is InChI=1S/C5H8O2.Na.H/c1-3-4-7-5(2)6;;/h3H,1,4H2,2H3;;. The number of esters is 1. The van der Waals surface area contributed by atoms with E-state index in [9.17, 15) is 4.79 Å². The first-order chi connectivity index (χ1) is 3.27. The third-order valence-electron chi connectivity index (χ3n) is 0.404. The van der Waals surface area contributed by atoms with Gasteiger partial charge >= 0.3 is 35.5 Å². The summed E-state index contributed by atoms with van der Waals surface area (Å²) in [7, 11) is 0. The molecule has 0 aromatic heterocycles. The predicted octanol–water partition coefficient (Wildman–Crippen LogP) is 0.0870. The Kier molecular flexibility index (Phi) is 9.97. The van der Waals surface area contributed by atoms with E-state index in [2.05, 4.69) is 11.3 Å². The van der Waals surface area contributed by atoms with Crippen molar-refractivity contribution in [2.24, 2.45) is 0 Å². The molecule has 0 aliphatic carbocycles. The van der Waals surface area contributed by atoms with E-state index in [-0.39, 0.29) is 35.5 Å². The Hall–Kier alpha value is 0.210. The minimum atomic E-state index is -0.264. The molecule has 0 spiro atoms. The normalized spacial score (nSPS) is 6.62. The van der Waals surface area contributed by atoms with Crippen LogP contribution in [-0.2, 0) is 9.53 Å². The quantitative estimate of drug-likeness (QED) is 0.296. The minimum absolute atomic E-state index is 0. The van der Waals surface area contributed by atoms with Crippen molar-refractivity contribution in [1.29, 1.82) is 0 Å². The summed E-state index contributed by atoms with van der Waals surface area (Å²) in [6.45, 7) is 5.03. The predicted molar refractivity (Wildman–Crippen MR) is 34.0 cm³/mol. The van der Waals surface area contributed by atoms with Crippen LogP contribution >= 0.6 is 0 Å². The molecule has 2 nitrogen and oxygen atoms in total. The van der Waals surface area contributed by atoms with Crippen molar-refractivity contribution >= 4 is 35.5 Å². The first kappa shape index (κ1) is 11.1. The molecule has 0 bridgehead atoms. The molecular formula is C5H9NaO2. The zero-order valence-corrected chi connectivity index (χ0v) is 4.31. The van der Waals surface area contributed by atoms with E-state index in [0.29, 0.717) is 6.61 Å². The molecule has 0 aliphatic heterocycles. The summed E-state index contributed by atoms with van der Waals surface area (Å²) < 4.78 is 4.43. The average Bonchev–Trinajstić information content (AvgIpc) is 1.61. The van der Waals surface area contributed by atoms with Crippen LogP contribution in [0, 0.1) is 0 Å². The van der Waals surface area contributed by atoms with Gasteiger partial charge in [0.05, 0.1) is 0 Å². The Morgan fingerprint density at radius 2 is 2.38 bits per heavy atom. The van der Waals surface area contributed by atoms with Gasteiger partial charge in [-0.05, 0) is 0 Å². The Bertz CT molecular complexity index is 80.5. The Morgan fingerprint density at radius 1 is 1.88 bits per heavy atom. The first-order valence-electron chi connectivity index (χ1n) is 2.01. The van der Waals surface area contributed by atoms with Crippen LogP contribution < -0.4 is 0 Å². The molecule has 0 fully saturated rings. The zero-order chi connectivity index (χ0) is 5.70. The van der Waals surface area contributed by atoms with Crippen LogP contribution in [0.5, 0.6) is 0 Å². The summed E-state index contributed by atoms with van der Waals surface area (Å²) in [5.74, 6) is -0.264. The molecule has 0 N–H and O–H groups in total. The second-order valence-electron chi connectivity index (χ2n) is 1.09. The molecule has 0 saturated heterocycles. The van der Waals surface area contributed by atoms with Crippen LogP contribution in [0.25, 0.3) is 0 Å². The number of hydrogen-bond acceptors (Lipinski definition) is 2. The summed E-state index contributed by atoms with van der Waals surface area (Å²) in [5, 5.41) is 0. The van der Waals surface area contributed by atoms with Gasteiger partial charge in [0.15, 0.2) is 0 Å². The Labute approximate surface area is 71.2 Å². The summed E-state index contributed by atoms with van der Waals surface area (Å²) in [5.41, 5.74) is 0. The van der Waals surface area contributed by atoms with Crippen molar-refractivity contribution in [1.82, 2.24) is 0 Å². The van der Waals surface area contributed by atoms with Gasteiger partial charge in [0.1, 0.15) is 6.61 Å². The molecule has 0 atom stereocenters. The summed E-state index contributed by atoms with van der Waals surface area (Å²) in [4.78, 5) is 9.93. The number of hydrogen-bond donors (Lipinski definition) is 0. The molecule has 8 heavy (non-hydrogen) atoms. The van der Waals surface area contributed by atoms with Gasteiger partial charge in [-0.1, -0.05) is 12.7 Å². The van der Waals surface area contributed by atoms with Crippen LogP contribution in [0.4, 0.5) is 0 Å². The van der Waals surface area contributed by atoms with E-state index < -0.39 is 0 Å². The van der Waals surface area contributed by atoms with Crippen molar-refractivity contribution in [2.75, 3.05) is 6.61 Å². The van der Waals surface area contributed by atoms with Crippen LogP contribution in [0.1, 0.15) is 6.92 Å². The van der Waals surface area contributed by atoms with Crippen LogP contribution in [0.3, 0.4) is 0 Å². The molecular weight excluding hydrogens is 115 g/mol. The third kappa shape index (κ3) is 9.51. The maximum absolute atomic E-state index is 9.93. The van der Waals surface area contributed by atoms with Crippen LogP contribution in [0.15, 0.2) is 12.7 Å². The van der Waals surface area contributed by atoms with Gasteiger partial charge < -0.3 is 4.74 Å². The van der Waals surface area contributed by atoms with Crippen LogP contribution in [0.2, 0.25) is 0 Å². The third-order valence-corrected chi connectivity index (χ3v) is 0.404. The maximum atomic E-state index is 9.93. The zero-order valence-electron chi connectivity index (χ0n) is 4.31. The van der Waals surface area contributed by atoms with E-state index >= 15 is 0 Å². The molecule has 0 heterocycles. The van der Waals surface area contributed by atoms with Gasteiger partial charge in [-0.25, -0.2) is 0 Å². The van der Waals surface area contributed by atoms with Gasteiger partial charge in [-0.3, -0.25) is 4.79 Å². The van der Waals surface area contributed by atoms with Gasteiger partial charge in [0, 0.05) is 6.92 Å². The van der Waals surface area contributed by atoms with Crippen molar-refractivity contribution in [3.05, 3.63) is 12.7 Å². The summed E-state index contributed by atoms with van der Waals surface area (Å²) in [6.07, 6.45) is 1.53. The van der Waals surface area contributed by atoms with Gasteiger partial charge in [-0.2, -0.15) is 0 Å². The summed E-state index contributed by atoms with van der Waals surface area (Å²) >= 11 is 0. The number of carbonyl (C=O) groups is 1. The van der Waals surface area contributed by atoms with Crippen molar-refractivity contribution in [2.45, 2.75) is 6.92 Å². The van der Waals surface area contributed by atoms with Gasteiger partial charge in [0.25, 0.3) is 0 Å². The molecule has 0 aromatic carbocycles. The van der Waals surface area contributed by atoms with Gasteiger partial charge in [-0.15, -0.1) is 0 Å². The van der Waals surface area contributed by atoms with E-state index in [1.807, 2.05) is 0 Å². The Balaban J connectivity index is 0. The fraction of sp³-hybridized carbons (Fsp3) is 0.400. The van der Waals surface area contributed by atoms with Gasteiger partial charge in [0.2, 0.25) is 0 Å². The first-order valence-corrected chi connectivity index (χ1v) is 2.01. The van der Waals surface area contributed by atoms with E-state index in [1.165, 1.54) is 13.0 Å². The molecule has 0 rings (SSSR count). The summed E-state index contributed by atoms with van der Waals surface area (Å²) in [6, 6.07) is 0. The van der Waals surface area contributed by atoms with Crippen molar-refractivity contribution in [3.63, 3.8) is 0 Å². The SMILES string of the molecule is C=CCOC(C)=O.[NaH]. The molecule has 0 amide bonds. The average molecular weight is 124 g/mol. The molecule has 3 heteroatoms. The number of rotatable bonds is 2. The second-order valence-corrected chi connectivity index (χ2v) is 1.09. The van der Waals surface area contributed by atoms with E-state index in [4.69, 9.17) is 0 Å². The van der Waals surface area contributed by atoms with Crippen LogP contribution in [-0.4, -0.2) is 42.1 Å². The number of ether oxygens (including phenoxy) is 1. The van der Waals surface area contributed by atoms with E-state index in [1.54, 1.807) is 0 Å². The molecule has 0 aliphatic rings. The fourth-order valence-electron chi connectivity index (χ4n) is 0.176. The van der Waals surface area contributed by atoms with Crippen molar-refractivity contribution < 1.29 is 9.53 Å². The Morgan fingerprint density at radius 3 is 2.50 bits per heavy atom. The number of carbonyl (C=O) groups excluding carboxylic acids is 1. The second kappa shape index (κ2) is 7.21.